The summed E-state index contributed by atoms with van der Waals surface area (Å²) in [5, 5.41) is 5.90. The maximum absolute atomic E-state index is 14.3. The van der Waals surface area contributed by atoms with Crippen molar-refractivity contribution in [3.8, 4) is 0 Å². The highest BCUT2D eigenvalue weighted by atomic mass is 32.1. The van der Waals surface area contributed by atoms with Crippen LogP contribution in [0.15, 0.2) is 79.1 Å². The van der Waals surface area contributed by atoms with Gasteiger partial charge in [0.1, 0.15) is 16.7 Å². The minimum absolute atomic E-state index is 0.00281. The summed E-state index contributed by atoms with van der Waals surface area (Å²) in [6, 6.07) is 16.7. The van der Waals surface area contributed by atoms with Crippen molar-refractivity contribution in [3.05, 3.63) is 107 Å². The maximum atomic E-state index is 14.3. The molecule has 0 bridgehead atoms. The molecule has 1 aliphatic rings. The van der Waals surface area contributed by atoms with E-state index in [-0.39, 0.29) is 34.5 Å². The molecule has 0 radical (unpaired) electrons. The van der Waals surface area contributed by atoms with Crippen molar-refractivity contribution >= 4 is 40.6 Å². The summed E-state index contributed by atoms with van der Waals surface area (Å²) in [5.41, 5.74) is 7.89. The van der Waals surface area contributed by atoms with Gasteiger partial charge in [0.25, 0.3) is 11.8 Å². The molecule has 3 amide bonds. The van der Waals surface area contributed by atoms with Crippen LogP contribution in [0.1, 0.15) is 69.4 Å². The smallest absolute Gasteiger partial charge is 0.273 e. The Morgan fingerprint density at radius 1 is 0.976 bits per heavy atom. The predicted molar refractivity (Wildman–Crippen MR) is 159 cm³/mol. The molecule has 0 aliphatic heterocycles. The summed E-state index contributed by atoms with van der Waals surface area (Å²) in [4.78, 5) is 46.5. The number of nitrogens with two attached hydrogens (primary N) is 1. The lowest BCUT2D eigenvalue weighted by Gasteiger charge is -2.31. The highest BCUT2D eigenvalue weighted by molar-refractivity contribution is 7.09. The third-order valence-corrected chi connectivity index (χ3v) is 8.09. The van der Waals surface area contributed by atoms with E-state index in [1.54, 1.807) is 12.1 Å². The molecule has 5 rings (SSSR count). The first-order valence-corrected chi connectivity index (χ1v) is 14.6. The molecule has 0 spiro atoms. The topological polar surface area (TPSA) is 130 Å². The molecule has 1 fully saturated rings. The van der Waals surface area contributed by atoms with E-state index in [1.807, 2.05) is 30.3 Å². The van der Waals surface area contributed by atoms with Crippen LogP contribution < -0.4 is 21.3 Å². The summed E-state index contributed by atoms with van der Waals surface area (Å²) in [6.45, 7) is 0.223. The van der Waals surface area contributed by atoms with Gasteiger partial charge in [-0.15, -0.1) is 0 Å². The average molecular weight is 587 g/mol. The third kappa shape index (κ3) is 6.63. The number of halogens is 1. The highest BCUT2D eigenvalue weighted by Gasteiger charge is 2.36. The Balaban J connectivity index is 1.50. The van der Waals surface area contributed by atoms with Crippen LogP contribution in [-0.2, 0) is 11.3 Å². The van der Waals surface area contributed by atoms with Gasteiger partial charge in [-0.2, -0.15) is 4.37 Å². The van der Waals surface area contributed by atoms with Gasteiger partial charge in [0, 0.05) is 30.7 Å². The van der Waals surface area contributed by atoms with Crippen LogP contribution in [-0.4, -0.2) is 33.1 Å². The van der Waals surface area contributed by atoms with Crippen LogP contribution in [0, 0.1) is 5.82 Å². The zero-order valence-corrected chi connectivity index (χ0v) is 23.6. The van der Waals surface area contributed by atoms with Crippen molar-refractivity contribution in [1.82, 2.24) is 20.0 Å². The lowest BCUT2D eigenvalue weighted by molar-refractivity contribution is -0.122. The molecule has 2 aromatic heterocycles. The predicted octanol–water partition coefficient (Wildman–Crippen LogP) is 5.03. The van der Waals surface area contributed by atoms with Gasteiger partial charge in [-0.3, -0.25) is 24.3 Å². The second kappa shape index (κ2) is 13.3. The second-order valence-electron chi connectivity index (χ2n) is 10.1. The number of hydrogen-bond donors (Lipinski definition) is 3. The van der Waals surface area contributed by atoms with Gasteiger partial charge in [-0.05, 0) is 71.9 Å². The fourth-order valence-corrected chi connectivity index (χ4v) is 5.79. The SMILES string of the molecule is Nc1c(C(=O)NC2CCCCC2)nsc1C(=O)N(c1ccc(F)cc1)[C@@H](C(=O)NCc1ccccc1)c1ccncc1. The van der Waals surface area contributed by atoms with E-state index >= 15 is 0 Å². The fraction of sp³-hybridized carbons (Fsp3) is 0.258. The first-order chi connectivity index (χ1) is 20.4. The number of anilines is 2. The van der Waals surface area contributed by atoms with E-state index < -0.39 is 29.6 Å². The Labute approximate surface area is 247 Å². The number of nitrogen functional groups attached to an aromatic ring is 1. The van der Waals surface area contributed by atoms with Crippen molar-refractivity contribution in [2.75, 3.05) is 10.6 Å². The summed E-state index contributed by atoms with van der Waals surface area (Å²) in [7, 11) is 0. The number of nitrogens with one attached hydrogen (secondary N) is 2. The van der Waals surface area contributed by atoms with Crippen LogP contribution in [0.4, 0.5) is 15.8 Å². The number of hydrogen-bond acceptors (Lipinski definition) is 7. The Morgan fingerprint density at radius 2 is 1.67 bits per heavy atom. The number of pyridine rings is 1. The molecule has 1 atom stereocenters. The van der Waals surface area contributed by atoms with Crippen molar-refractivity contribution in [3.63, 3.8) is 0 Å². The number of aromatic nitrogens is 2. The highest BCUT2D eigenvalue weighted by Crippen LogP contribution is 2.33. The molecule has 42 heavy (non-hydrogen) atoms. The molecule has 1 aliphatic carbocycles. The number of carbonyl (C=O) groups excluding carboxylic acids is 3. The molecule has 4 aromatic rings. The number of rotatable bonds is 9. The average Bonchev–Trinajstić information content (AvgIpc) is 3.41. The van der Waals surface area contributed by atoms with Gasteiger partial charge in [-0.1, -0.05) is 49.6 Å². The van der Waals surface area contributed by atoms with Gasteiger partial charge in [0.15, 0.2) is 5.69 Å². The Morgan fingerprint density at radius 3 is 2.36 bits per heavy atom. The minimum Gasteiger partial charge on any atom is -0.395 e. The summed E-state index contributed by atoms with van der Waals surface area (Å²) in [6.07, 6.45) is 8.02. The van der Waals surface area contributed by atoms with Gasteiger partial charge in [0.05, 0.1) is 5.69 Å². The molecule has 11 heteroatoms. The van der Waals surface area contributed by atoms with Crippen molar-refractivity contribution < 1.29 is 18.8 Å². The molecular weight excluding hydrogens is 555 g/mol. The van der Waals surface area contributed by atoms with E-state index in [4.69, 9.17) is 5.73 Å². The van der Waals surface area contributed by atoms with E-state index in [0.717, 1.165) is 49.2 Å². The molecule has 4 N–H and O–H groups in total. The Kier molecular flexibility index (Phi) is 9.18. The number of benzene rings is 2. The maximum Gasteiger partial charge on any atom is 0.273 e. The van der Waals surface area contributed by atoms with Crippen LogP contribution in [0.25, 0.3) is 0 Å². The van der Waals surface area contributed by atoms with Crippen LogP contribution in [0.2, 0.25) is 0 Å². The molecule has 0 unspecified atom stereocenters. The van der Waals surface area contributed by atoms with Gasteiger partial charge in [-0.25, -0.2) is 4.39 Å². The number of amides is 3. The summed E-state index contributed by atoms with van der Waals surface area (Å²) < 4.78 is 18.2. The lowest BCUT2D eigenvalue weighted by atomic mass is 9.95. The van der Waals surface area contributed by atoms with Crippen molar-refractivity contribution in [2.45, 2.75) is 50.7 Å². The normalized spacial score (nSPS) is 14.1. The molecular formula is C31H31FN6O3S. The zero-order valence-electron chi connectivity index (χ0n) is 22.8. The van der Waals surface area contributed by atoms with E-state index in [1.165, 1.54) is 41.6 Å². The summed E-state index contributed by atoms with van der Waals surface area (Å²) in [5.74, 6) is -2.06. The number of nitrogens with zero attached hydrogens (tertiary/aromatic N) is 3. The number of carbonyl (C=O) groups is 3. The quantitative estimate of drug-likeness (QED) is 0.252. The fourth-order valence-electron chi connectivity index (χ4n) is 5.06. The molecule has 1 saturated carbocycles. The standard InChI is InChI=1S/C31H31FN6O3S/c32-22-11-13-24(14-12-22)38(27(21-15-17-34-18-16-21)30(40)35-19-20-7-3-1-4-8-20)31(41)28-25(33)26(37-42-28)29(39)36-23-9-5-2-6-10-23/h1,3-4,7-8,11-18,23,27H,2,5-6,9-10,19,33H2,(H,35,40)(H,36,39)/t27-/m1/s1. The van der Waals surface area contributed by atoms with Gasteiger partial charge in [0.2, 0.25) is 5.91 Å². The first kappa shape index (κ1) is 28.9. The molecule has 0 saturated heterocycles. The molecule has 216 valence electrons. The van der Waals surface area contributed by atoms with E-state index in [2.05, 4.69) is 20.0 Å². The van der Waals surface area contributed by atoms with Crippen LogP contribution >= 0.6 is 11.5 Å². The second-order valence-corrected chi connectivity index (χ2v) is 10.9. The zero-order chi connectivity index (χ0) is 29.5. The molecule has 9 nitrogen and oxygen atoms in total. The molecule has 2 heterocycles. The lowest BCUT2D eigenvalue weighted by Crippen LogP contribution is -2.44. The largest absolute Gasteiger partial charge is 0.395 e. The van der Waals surface area contributed by atoms with E-state index in [0.29, 0.717) is 5.56 Å². The first-order valence-electron chi connectivity index (χ1n) is 13.8. The van der Waals surface area contributed by atoms with Crippen molar-refractivity contribution in [2.24, 2.45) is 0 Å². The Bertz CT molecular complexity index is 1530. The molecule has 2 aromatic carbocycles. The summed E-state index contributed by atoms with van der Waals surface area (Å²) >= 11 is 0.790. The van der Waals surface area contributed by atoms with E-state index in [9.17, 15) is 18.8 Å². The van der Waals surface area contributed by atoms with Gasteiger partial charge < -0.3 is 16.4 Å². The van der Waals surface area contributed by atoms with Crippen LogP contribution in [0.5, 0.6) is 0 Å². The third-order valence-electron chi connectivity index (χ3n) is 7.24. The van der Waals surface area contributed by atoms with Crippen LogP contribution in [0.3, 0.4) is 0 Å². The minimum atomic E-state index is -1.17. The Hall–Kier alpha value is -4.64. The van der Waals surface area contributed by atoms with Gasteiger partial charge >= 0.3 is 0 Å². The van der Waals surface area contributed by atoms with Crippen molar-refractivity contribution in [1.29, 1.82) is 0 Å². The monoisotopic (exact) mass is 586 g/mol.